The minimum atomic E-state index is -3.98. The van der Waals surface area contributed by atoms with E-state index in [0.29, 0.717) is 0 Å². The van der Waals surface area contributed by atoms with Gasteiger partial charge in [-0.25, -0.2) is 8.42 Å². The first-order valence-electron chi connectivity index (χ1n) is 6.13. The molecule has 0 saturated carbocycles. The Labute approximate surface area is 143 Å². The van der Waals surface area contributed by atoms with E-state index in [2.05, 4.69) is 15.9 Å². The number of carbonyl (C=O) groups is 1. The molecule has 0 atom stereocenters. The molecule has 0 bridgehead atoms. The highest BCUT2D eigenvalue weighted by Crippen LogP contribution is 2.32. The highest BCUT2D eigenvalue weighted by molar-refractivity contribution is 9.10. The lowest BCUT2D eigenvalue weighted by atomic mass is 9.99. The molecule has 1 aromatic carbocycles. The fraction of sp³-hybridized carbons (Fsp3) is 0.462. The third-order valence-corrected chi connectivity index (χ3v) is 6.19. The smallest absolute Gasteiger partial charge is 0.262 e. The number of nitrogens with zero attached hydrogens (tertiary/aromatic N) is 1. The summed E-state index contributed by atoms with van der Waals surface area (Å²) in [4.78, 5) is 13.9. The van der Waals surface area contributed by atoms with Crippen molar-refractivity contribution in [3.8, 4) is 0 Å². The Bertz CT molecular complexity index is 674. The van der Waals surface area contributed by atoms with Crippen molar-refractivity contribution in [1.29, 1.82) is 0 Å². The van der Waals surface area contributed by atoms with Gasteiger partial charge in [-0.2, -0.15) is 0 Å². The first-order valence-corrected chi connectivity index (χ1v) is 9.61. The SMILES string of the molecule is CCC(C)(C)N(C)C(=O)c1cc(S(=O)(=O)Cl)c(Br)cc1Cl. The van der Waals surface area contributed by atoms with E-state index < -0.39 is 9.05 Å². The molecule has 0 saturated heterocycles. The monoisotopic (exact) mass is 415 g/mol. The van der Waals surface area contributed by atoms with Crippen LogP contribution in [0.2, 0.25) is 5.02 Å². The summed E-state index contributed by atoms with van der Waals surface area (Å²) in [5.41, 5.74) is -0.281. The van der Waals surface area contributed by atoms with Gasteiger partial charge in [-0.15, -0.1) is 0 Å². The van der Waals surface area contributed by atoms with Gasteiger partial charge in [0.1, 0.15) is 0 Å². The molecule has 0 aliphatic heterocycles. The van der Waals surface area contributed by atoms with Gasteiger partial charge in [-0.05, 0) is 48.3 Å². The Kier molecular flexibility index (Phi) is 5.75. The molecule has 0 aromatic heterocycles. The topological polar surface area (TPSA) is 54.5 Å². The van der Waals surface area contributed by atoms with Crippen LogP contribution in [0.5, 0.6) is 0 Å². The van der Waals surface area contributed by atoms with Crippen LogP contribution in [0.4, 0.5) is 0 Å². The van der Waals surface area contributed by atoms with Gasteiger partial charge in [0.05, 0.1) is 15.5 Å². The molecule has 21 heavy (non-hydrogen) atoms. The Balaban J connectivity index is 3.41. The van der Waals surface area contributed by atoms with Gasteiger partial charge in [-0.3, -0.25) is 4.79 Å². The average molecular weight is 417 g/mol. The number of carbonyl (C=O) groups excluding carboxylic acids is 1. The summed E-state index contributed by atoms with van der Waals surface area (Å²) in [5, 5.41) is 0.162. The lowest BCUT2D eigenvalue weighted by Crippen LogP contribution is -2.44. The lowest BCUT2D eigenvalue weighted by molar-refractivity contribution is 0.0620. The summed E-state index contributed by atoms with van der Waals surface area (Å²) < 4.78 is 23.3. The summed E-state index contributed by atoms with van der Waals surface area (Å²) in [6.07, 6.45) is 0.740. The molecule has 1 aromatic rings. The van der Waals surface area contributed by atoms with Crippen LogP contribution >= 0.6 is 38.2 Å². The number of benzene rings is 1. The van der Waals surface area contributed by atoms with Crippen LogP contribution in [0.1, 0.15) is 37.6 Å². The quantitative estimate of drug-likeness (QED) is 0.687. The minimum Gasteiger partial charge on any atom is -0.337 e. The summed E-state index contributed by atoms with van der Waals surface area (Å²) in [6.45, 7) is 5.79. The minimum absolute atomic E-state index is 0.100. The maximum atomic E-state index is 12.5. The molecular formula is C13H16BrCl2NO3S. The maximum Gasteiger partial charge on any atom is 0.262 e. The van der Waals surface area contributed by atoms with Gasteiger partial charge in [0, 0.05) is 27.7 Å². The molecule has 8 heteroatoms. The molecule has 0 radical (unpaired) electrons. The van der Waals surface area contributed by atoms with Crippen molar-refractivity contribution in [3.63, 3.8) is 0 Å². The standard InChI is InChI=1S/C13H16BrCl2NO3S/c1-5-13(2,3)17(4)12(18)8-6-11(21(16,19)20)9(14)7-10(8)15/h6-7H,5H2,1-4H3. The Morgan fingerprint density at radius 1 is 1.38 bits per heavy atom. The first-order chi connectivity index (χ1) is 9.41. The van der Waals surface area contributed by atoms with E-state index in [1.807, 2.05) is 20.8 Å². The zero-order valence-corrected chi connectivity index (χ0v) is 16.0. The van der Waals surface area contributed by atoms with Crippen LogP contribution in [0.25, 0.3) is 0 Å². The van der Waals surface area contributed by atoms with Crippen LogP contribution in [-0.4, -0.2) is 31.8 Å². The molecule has 0 heterocycles. The fourth-order valence-electron chi connectivity index (χ4n) is 1.57. The van der Waals surface area contributed by atoms with Crippen molar-refractivity contribution in [2.75, 3.05) is 7.05 Å². The van der Waals surface area contributed by atoms with Gasteiger partial charge in [-0.1, -0.05) is 18.5 Å². The summed E-state index contributed by atoms with van der Waals surface area (Å²) in [6, 6.07) is 2.55. The molecule has 4 nitrogen and oxygen atoms in total. The highest BCUT2D eigenvalue weighted by Gasteiger charge is 2.29. The predicted molar refractivity (Wildman–Crippen MR) is 88.7 cm³/mol. The van der Waals surface area contributed by atoms with E-state index >= 15 is 0 Å². The molecule has 0 spiro atoms. The summed E-state index contributed by atoms with van der Waals surface area (Å²) in [7, 11) is 3.04. The first kappa shape index (κ1) is 18.7. The fourth-order valence-corrected chi connectivity index (χ4v) is 4.14. The van der Waals surface area contributed by atoms with Gasteiger partial charge in [0.15, 0.2) is 0 Å². The van der Waals surface area contributed by atoms with Gasteiger partial charge in [0.2, 0.25) is 0 Å². The summed E-state index contributed by atoms with van der Waals surface area (Å²) >= 11 is 9.15. The second kappa shape index (κ2) is 6.44. The second-order valence-corrected chi connectivity index (χ2v) is 9.03. The predicted octanol–water partition coefficient (Wildman–Crippen LogP) is 4.29. The van der Waals surface area contributed by atoms with Crippen molar-refractivity contribution in [2.45, 2.75) is 37.6 Å². The zero-order chi connectivity index (χ0) is 16.6. The second-order valence-electron chi connectivity index (χ2n) is 5.23. The Morgan fingerprint density at radius 2 is 1.90 bits per heavy atom. The lowest BCUT2D eigenvalue weighted by Gasteiger charge is -2.35. The Morgan fingerprint density at radius 3 is 2.33 bits per heavy atom. The van der Waals surface area contributed by atoms with Crippen molar-refractivity contribution in [3.05, 3.63) is 27.2 Å². The van der Waals surface area contributed by atoms with E-state index in [9.17, 15) is 13.2 Å². The van der Waals surface area contributed by atoms with Crippen LogP contribution in [0.15, 0.2) is 21.5 Å². The van der Waals surface area contributed by atoms with Crippen molar-refractivity contribution in [1.82, 2.24) is 4.90 Å². The largest absolute Gasteiger partial charge is 0.337 e. The molecule has 1 rings (SSSR count). The van der Waals surface area contributed by atoms with Crippen LogP contribution in [-0.2, 0) is 9.05 Å². The van der Waals surface area contributed by atoms with Gasteiger partial charge < -0.3 is 4.90 Å². The number of amides is 1. The van der Waals surface area contributed by atoms with E-state index in [1.165, 1.54) is 17.0 Å². The van der Waals surface area contributed by atoms with E-state index in [1.54, 1.807) is 7.05 Å². The molecule has 1 amide bonds. The van der Waals surface area contributed by atoms with Crippen LogP contribution in [0, 0.1) is 0 Å². The van der Waals surface area contributed by atoms with E-state index in [0.717, 1.165) is 6.42 Å². The van der Waals surface area contributed by atoms with Crippen molar-refractivity contribution in [2.24, 2.45) is 0 Å². The summed E-state index contributed by atoms with van der Waals surface area (Å²) in [5.74, 6) is -0.360. The Hall–Kier alpha value is -0.300. The zero-order valence-electron chi connectivity index (χ0n) is 12.1. The van der Waals surface area contributed by atoms with E-state index in [4.69, 9.17) is 22.3 Å². The van der Waals surface area contributed by atoms with Gasteiger partial charge >= 0.3 is 0 Å². The molecule has 118 valence electrons. The van der Waals surface area contributed by atoms with Crippen LogP contribution < -0.4 is 0 Å². The molecule has 0 aliphatic rings. The maximum absolute atomic E-state index is 12.5. The molecular weight excluding hydrogens is 401 g/mol. The average Bonchev–Trinajstić information content (AvgIpc) is 2.35. The number of hydrogen-bond acceptors (Lipinski definition) is 3. The molecule has 0 N–H and O–H groups in total. The third-order valence-electron chi connectivity index (χ3n) is 3.59. The number of hydrogen-bond donors (Lipinski definition) is 0. The molecule has 0 aliphatic carbocycles. The third kappa shape index (κ3) is 4.12. The molecule has 0 fully saturated rings. The number of halogens is 3. The van der Waals surface area contributed by atoms with Crippen molar-refractivity contribution >= 4 is 53.2 Å². The highest BCUT2D eigenvalue weighted by atomic mass is 79.9. The van der Waals surface area contributed by atoms with E-state index in [-0.39, 0.29) is 31.4 Å². The molecule has 0 unspecified atom stereocenters. The number of rotatable bonds is 4. The normalized spacial score (nSPS) is 12.3. The van der Waals surface area contributed by atoms with Crippen molar-refractivity contribution < 1.29 is 13.2 Å². The van der Waals surface area contributed by atoms with Crippen LogP contribution in [0.3, 0.4) is 0 Å². The van der Waals surface area contributed by atoms with Gasteiger partial charge in [0.25, 0.3) is 15.0 Å².